The van der Waals surface area contributed by atoms with Crippen molar-refractivity contribution < 1.29 is 14.3 Å². The summed E-state index contributed by atoms with van der Waals surface area (Å²) >= 11 is 1.38. The number of amides is 1. The third-order valence-electron chi connectivity index (χ3n) is 6.18. The second-order valence-electron chi connectivity index (χ2n) is 7.75. The summed E-state index contributed by atoms with van der Waals surface area (Å²) in [6.07, 6.45) is 4.51. The van der Waals surface area contributed by atoms with Crippen molar-refractivity contribution in [2.75, 3.05) is 31.1 Å². The Labute approximate surface area is 175 Å². The number of fused-ring (bicyclic) bond motifs is 1. The zero-order valence-corrected chi connectivity index (χ0v) is 17.8. The Hall–Kier alpha value is -2.25. The highest BCUT2D eigenvalue weighted by Gasteiger charge is 2.29. The van der Waals surface area contributed by atoms with Crippen LogP contribution in [0.25, 0.3) is 0 Å². The first-order chi connectivity index (χ1) is 14.1. The van der Waals surface area contributed by atoms with Gasteiger partial charge in [0.25, 0.3) is 0 Å². The highest BCUT2D eigenvalue weighted by atomic mass is 32.1. The van der Waals surface area contributed by atoms with Gasteiger partial charge in [0.05, 0.1) is 5.56 Å². The molecule has 1 saturated heterocycles. The molecule has 2 aliphatic heterocycles. The third kappa shape index (κ3) is 4.07. The van der Waals surface area contributed by atoms with Crippen LogP contribution in [0.1, 0.15) is 46.8 Å². The number of aromatic nitrogens is 1. The van der Waals surface area contributed by atoms with Crippen LogP contribution in [0.4, 0.5) is 5.00 Å². The number of nitrogens with zero attached hydrogens (tertiary/aromatic N) is 3. The molecule has 0 spiro atoms. The maximum absolute atomic E-state index is 12.9. The molecule has 0 aliphatic carbocycles. The molecule has 0 N–H and O–H groups in total. The summed E-state index contributed by atoms with van der Waals surface area (Å²) in [5, 5.41) is 0.939. The van der Waals surface area contributed by atoms with Gasteiger partial charge in [0, 0.05) is 30.8 Å². The summed E-state index contributed by atoms with van der Waals surface area (Å²) in [5.74, 6) is 0.120. The number of hydrogen-bond acceptors (Lipinski definition) is 6. The van der Waals surface area contributed by atoms with Crippen molar-refractivity contribution in [1.82, 2.24) is 9.27 Å². The van der Waals surface area contributed by atoms with Crippen LogP contribution in [0, 0.1) is 12.8 Å². The van der Waals surface area contributed by atoms with Gasteiger partial charge < -0.3 is 14.5 Å². The summed E-state index contributed by atoms with van der Waals surface area (Å²) in [6.45, 7) is 8.05. The number of benzene rings is 1. The number of anilines is 1. The quantitative estimate of drug-likeness (QED) is 0.679. The molecular formula is C22H27N3O3S. The first-order valence-corrected chi connectivity index (χ1v) is 11.1. The molecular weight excluding hydrogens is 386 g/mol. The van der Waals surface area contributed by atoms with E-state index in [1.54, 1.807) is 6.20 Å². The highest BCUT2D eigenvalue weighted by Crippen LogP contribution is 2.28. The Kier molecular flexibility index (Phi) is 5.96. The summed E-state index contributed by atoms with van der Waals surface area (Å²) in [7, 11) is 0. The van der Waals surface area contributed by atoms with Gasteiger partial charge in [0.15, 0.2) is 0 Å². The minimum atomic E-state index is -0.208. The van der Waals surface area contributed by atoms with E-state index in [1.807, 2.05) is 24.0 Å². The summed E-state index contributed by atoms with van der Waals surface area (Å²) < 4.78 is 9.28. The SMILES string of the molecule is CCN(C(=O)C1CCN(CCc2ccc3c(c2C)COC3=O)CC1)c1ccns1. The Balaban J connectivity index is 1.31. The average Bonchev–Trinajstić information content (AvgIpc) is 3.39. The predicted octanol–water partition coefficient (Wildman–Crippen LogP) is 3.43. The lowest BCUT2D eigenvalue weighted by Crippen LogP contribution is -2.43. The molecule has 6 nitrogen and oxygen atoms in total. The van der Waals surface area contributed by atoms with Crippen molar-refractivity contribution in [2.24, 2.45) is 5.92 Å². The minimum Gasteiger partial charge on any atom is -0.457 e. The fourth-order valence-electron chi connectivity index (χ4n) is 4.34. The molecule has 154 valence electrons. The predicted molar refractivity (Wildman–Crippen MR) is 113 cm³/mol. The average molecular weight is 414 g/mol. The van der Waals surface area contributed by atoms with Crippen LogP contribution in [-0.2, 0) is 22.6 Å². The molecule has 1 amide bonds. The number of ether oxygens (including phenoxy) is 1. The summed E-state index contributed by atoms with van der Waals surface area (Å²) in [6, 6.07) is 5.88. The second kappa shape index (κ2) is 8.63. The number of likely N-dealkylation sites (tertiary alicyclic amines) is 1. The van der Waals surface area contributed by atoms with Gasteiger partial charge in [-0.2, -0.15) is 4.37 Å². The summed E-state index contributed by atoms with van der Waals surface area (Å²) in [4.78, 5) is 29.0. The van der Waals surface area contributed by atoms with E-state index in [4.69, 9.17) is 4.74 Å². The van der Waals surface area contributed by atoms with Gasteiger partial charge >= 0.3 is 5.97 Å². The Morgan fingerprint density at radius 2 is 2.10 bits per heavy atom. The largest absolute Gasteiger partial charge is 0.457 e. The first kappa shape index (κ1) is 20.0. The number of esters is 1. The zero-order chi connectivity index (χ0) is 20.4. The van der Waals surface area contributed by atoms with E-state index in [0.717, 1.165) is 49.5 Å². The number of rotatable bonds is 6. The number of carbonyl (C=O) groups excluding carboxylic acids is 2. The maximum Gasteiger partial charge on any atom is 0.338 e. The third-order valence-corrected chi connectivity index (χ3v) is 6.96. The van der Waals surface area contributed by atoms with Crippen molar-refractivity contribution in [3.63, 3.8) is 0 Å². The number of carbonyl (C=O) groups is 2. The van der Waals surface area contributed by atoms with Crippen molar-refractivity contribution in [3.05, 3.63) is 46.6 Å². The van der Waals surface area contributed by atoms with Crippen LogP contribution >= 0.6 is 11.5 Å². The van der Waals surface area contributed by atoms with E-state index in [1.165, 1.54) is 22.7 Å². The van der Waals surface area contributed by atoms with Crippen LogP contribution in [0.3, 0.4) is 0 Å². The molecule has 1 aromatic heterocycles. The molecule has 0 bridgehead atoms. The van der Waals surface area contributed by atoms with E-state index in [9.17, 15) is 9.59 Å². The molecule has 2 aromatic rings. The van der Waals surface area contributed by atoms with Gasteiger partial charge in [0.2, 0.25) is 5.91 Å². The normalized spacial score (nSPS) is 17.2. The van der Waals surface area contributed by atoms with Gasteiger partial charge in [-0.25, -0.2) is 4.79 Å². The van der Waals surface area contributed by atoms with Crippen molar-refractivity contribution in [2.45, 2.75) is 39.7 Å². The number of hydrogen-bond donors (Lipinski definition) is 0. The monoisotopic (exact) mass is 413 g/mol. The Morgan fingerprint density at radius 1 is 1.31 bits per heavy atom. The van der Waals surface area contributed by atoms with Crippen LogP contribution in [0.2, 0.25) is 0 Å². The van der Waals surface area contributed by atoms with Crippen LogP contribution in [0.15, 0.2) is 24.4 Å². The van der Waals surface area contributed by atoms with Gasteiger partial charge in [0.1, 0.15) is 11.6 Å². The standard InChI is InChI=1S/C22H27N3O3S/c1-3-25(20-6-10-23-29-20)21(26)17-8-12-24(13-9-17)11-7-16-4-5-18-19(15(16)2)14-28-22(18)27/h4-6,10,17H,3,7-9,11-14H2,1-2H3. The fraction of sp³-hybridized carbons (Fsp3) is 0.500. The van der Waals surface area contributed by atoms with Gasteiger partial charge in [-0.15, -0.1) is 0 Å². The molecule has 0 atom stereocenters. The molecule has 1 aromatic carbocycles. The molecule has 2 aliphatic rings. The van der Waals surface area contributed by atoms with Gasteiger partial charge in [-0.3, -0.25) is 4.79 Å². The van der Waals surface area contributed by atoms with E-state index in [2.05, 4.69) is 22.3 Å². The van der Waals surface area contributed by atoms with E-state index >= 15 is 0 Å². The molecule has 7 heteroatoms. The highest BCUT2D eigenvalue weighted by molar-refractivity contribution is 7.10. The zero-order valence-electron chi connectivity index (χ0n) is 17.0. The first-order valence-electron chi connectivity index (χ1n) is 10.3. The number of piperidine rings is 1. The van der Waals surface area contributed by atoms with Crippen LogP contribution < -0.4 is 4.90 Å². The lowest BCUT2D eigenvalue weighted by molar-refractivity contribution is -0.123. The topological polar surface area (TPSA) is 62.7 Å². The lowest BCUT2D eigenvalue weighted by atomic mass is 9.94. The van der Waals surface area contributed by atoms with Crippen LogP contribution in [-0.4, -0.2) is 47.3 Å². The van der Waals surface area contributed by atoms with E-state index in [0.29, 0.717) is 18.7 Å². The Bertz CT molecular complexity index is 889. The molecule has 0 saturated carbocycles. The lowest BCUT2D eigenvalue weighted by Gasteiger charge is -2.33. The fourth-order valence-corrected chi connectivity index (χ4v) is 5.01. The van der Waals surface area contributed by atoms with Crippen molar-refractivity contribution in [1.29, 1.82) is 0 Å². The van der Waals surface area contributed by atoms with Gasteiger partial charge in [-0.05, 0) is 81.0 Å². The Morgan fingerprint density at radius 3 is 2.79 bits per heavy atom. The second-order valence-corrected chi connectivity index (χ2v) is 8.56. The summed E-state index contributed by atoms with van der Waals surface area (Å²) in [5.41, 5.74) is 4.22. The number of cyclic esters (lactones) is 1. The van der Waals surface area contributed by atoms with E-state index < -0.39 is 0 Å². The molecule has 4 rings (SSSR count). The van der Waals surface area contributed by atoms with Crippen molar-refractivity contribution in [3.8, 4) is 0 Å². The van der Waals surface area contributed by atoms with Crippen LogP contribution in [0.5, 0.6) is 0 Å². The molecule has 0 unspecified atom stereocenters. The maximum atomic E-state index is 12.9. The molecule has 29 heavy (non-hydrogen) atoms. The molecule has 3 heterocycles. The van der Waals surface area contributed by atoms with Gasteiger partial charge in [-0.1, -0.05) is 6.07 Å². The van der Waals surface area contributed by atoms with E-state index in [-0.39, 0.29) is 17.8 Å². The molecule has 1 fully saturated rings. The minimum absolute atomic E-state index is 0.0955. The van der Waals surface area contributed by atoms with Crippen molar-refractivity contribution >= 4 is 28.4 Å². The molecule has 0 radical (unpaired) electrons. The smallest absolute Gasteiger partial charge is 0.338 e.